The van der Waals surface area contributed by atoms with Gasteiger partial charge < -0.3 is 5.32 Å². The third kappa shape index (κ3) is 3.96. The Morgan fingerprint density at radius 2 is 1.60 bits per heavy atom. The van der Waals surface area contributed by atoms with Crippen molar-refractivity contribution in [2.45, 2.75) is 23.9 Å². The van der Waals surface area contributed by atoms with E-state index >= 15 is 0 Å². The zero-order valence-electron chi connectivity index (χ0n) is 15.8. The second-order valence-corrected chi connectivity index (χ2v) is 9.26. The number of nitrogens with one attached hydrogen (secondary N) is 1. The molecule has 0 aromatic heterocycles. The zero-order valence-corrected chi connectivity index (χ0v) is 17.3. The fourth-order valence-corrected chi connectivity index (χ4v) is 5.27. The average Bonchev–Trinajstić information content (AvgIpc) is 2.74. The number of rotatable bonds is 4. The molecule has 0 fully saturated rings. The quantitative estimate of drug-likeness (QED) is 0.654. The molecule has 3 aromatic rings. The molecule has 0 spiro atoms. The number of nitrogens with zero attached hydrogens (tertiary/aromatic N) is 1. The van der Waals surface area contributed by atoms with Crippen LogP contribution in [0, 0.1) is 5.82 Å². The van der Waals surface area contributed by atoms with E-state index in [2.05, 4.69) is 5.32 Å². The lowest BCUT2D eigenvalue weighted by Crippen LogP contribution is -2.50. The van der Waals surface area contributed by atoms with Crippen LogP contribution in [0.3, 0.4) is 0 Å². The van der Waals surface area contributed by atoms with Gasteiger partial charge in [-0.15, -0.1) is 0 Å². The summed E-state index contributed by atoms with van der Waals surface area (Å²) in [5.74, 6) is -1.35. The molecule has 8 heteroatoms. The lowest BCUT2D eigenvalue weighted by atomic mass is 9.95. The lowest BCUT2D eigenvalue weighted by Gasteiger charge is -2.35. The van der Waals surface area contributed by atoms with Crippen LogP contribution < -0.4 is 5.32 Å². The van der Waals surface area contributed by atoms with Gasteiger partial charge in [0.2, 0.25) is 15.9 Å². The van der Waals surface area contributed by atoms with E-state index in [1.165, 1.54) is 18.2 Å². The van der Waals surface area contributed by atoms with Crippen LogP contribution in [0.2, 0.25) is 5.02 Å². The Balaban J connectivity index is 1.73. The number of carbonyl (C=O) groups is 1. The van der Waals surface area contributed by atoms with E-state index in [4.69, 9.17) is 11.6 Å². The van der Waals surface area contributed by atoms with Gasteiger partial charge >= 0.3 is 0 Å². The molecule has 1 heterocycles. The molecule has 154 valence electrons. The normalized spacial score (nSPS) is 16.7. The molecule has 3 aromatic carbocycles. The maximum atomic E-state index is 14.3. The number of carbonyl (C=O) groups excluding carboxylic acids is 1. The molecular formula is C22H18ClFN2O3S. The minimum atomic E-state index is -4.25. The molecule has 30 heavy (non-hydrogen) atoms. The highest BCUT2D eigenvalue weighted by atomic mass is 35.5. The highest BCUT2D eigenvalue weighted by Crippen LogP contribution is 2.30. The Bertz CT molecular complexity index is 1200. The molecule has 1 atom stereocenters. The van der Waals surface area contributed by atoms with Crippen LogP contribution in [0.15, 0.2) is 77.7 Å². The van der Waals surface area contributed by atoms with Crippen LogP contribution in [0.25, 0.3) is 0 Å². The van der Waals surface area contributed by atoms with E-state index in [0.717, 1.165) is 21.5 Å². The summed E-state index contributed by atoms with van der Waals surface area (Å²) in [7, 11) is -4.25. The van der Waals surface area contributed by atoms with Crippen molar-refractivity contribution in [3.8, 4) is 0 Å². The van der Waals surface area contributed by atoms with E-state index in [0.29, 0.717) is 10.7 Å². The summed E-state index contributed by atoms with van der Waals surface area (Å²) < 4.78 is 42.0. The Hall–Kier alpha value is -2.74. The minimum absolute atomic E-state index is 0.0223. The summed E-state index contributed by atoms with van der Waals surface area (Å²) in [6.07, 6.45) is 0.184. The SMILES string of the molecule is O=C(Nc1ccc(Cl)cc1)C1Cc2ccccc2CN1S(=O)(=O)c1ccccc1F. The van der Waals surface area contributed by atoms with Crippen molar-refractivity contribution in [1.29, 1.82) is 0 Å². The molecule has 1 amide bonds. The monoisotopic (exact) mass is 444 g/mol. The molecule has 0 radical (unpaired) electrons. The first-order chi connectivity index (χ1) is 14.4. The predicted octanol–water partition coefficient (Wildman–Crippen LogP) is 4.23. The molecule has 1 aliphatic heterocycles. The summed E-state index contributed by atoms with van der Waals surface area (Å²) in [6, 6.07) is 18.0. The summed E-state index contributed by atoms with van der Waals surface area (Å²) >= 11 is 5.88. The Labute approximate surface area is 179 Å². The number of fused-ring (bicyclic) bond motifs is 1. The number of hydrogen-bond acceptors (Lipinski definition) is 3. The van der Waals surface area contributed by atoms with E-state index in [1.807, 2.05) is 18.2 Å². The molecule has 5 nitrogen and oxygen atoms in total. The van der Waals surface area contributed by atoms with E-state index in [1.54, 1.807) is 30.3 Å². The first-order valence-corrected chi connectivity index (χ1v) is 11.1. The standard InChI is InChI=1S/C22H18ClFN2O3S/c23-17-9-11-18(12-10-17)25-22(27)20-13-15-5-1-2-6-16(15)14-26(20)30(28,29)21-8-4-3-7-19(21)24/h1-12,20H,13-14H2,(H,25,27). The first kappa shape index (κ1) is 20.5. The maximum Gasteiger partial charge on any atom is 0.247 e. The van der Waals surface area contributed by atoms with Crippen LogP contribution in [0.4, 0.5) is 10.1 Å². The van der Waals surface area contributed by atoms with Crippen molar-refractivity contribution in [2.24, 2.45) is 0 Å². The van der Waals surface area contributed by atoms with Gasteiger partial charge in [-0.3, -0.25) is 4.79 Å². The average molecular weight is 445 g/mol. The zero-order chi connectivity index (χ0) is 21.3. The van der Waals surface area contributed by atoms with E-state index in [-0.39, 0.29) is 13.0 Å². The molecule has 1 unspecified atom stereocenters. The van der Waals surface area contributed by atoms with Gasteiger partial charge in [0.05, 0.1) is 0 Å². The summed E-state index contributed by atoms with van der Waals surface area (Å²) in [5.41, 5.74) is 2.16. The van der Waals surface area contributed by atoms with Gasteiger partial charge in [-0.05, 0) is 53.9 Å². The topological polar surface area (TPSA) is 66.5 Å². The predicted molar refractivity (Wildman–Crippen MR) is 113 cm³/mol. The summed E-state index contributed by atoms with van der Waals surface area (Å²) in [5, 5.41) is 3.26. The van der Waals surface area contributed by atoms with Gasteiger partial charge in [-0.1, -0.05) is 48.0 Å². The van der Waals surface area contributed by atoms with Crippen LogP contribution >= 0.6 is 11.6 Å². The number of amides is 1. The van der Waals surface area contributed by atoms with Crippen LogP contribution in [0.5, 0.6) is 0 Å². The number of sulfonamides is 1. The molecule has 0 saturated heterocycles. The molecule has 0 saturated carbocycles. The van der Waals surface area contributed by atoms with Crippen LogP contribution in [0.1, 0.15) is 11.1 Å². The van der Waals surface area contributed by atoms with Crippen molar-refractivity contribution in [1.82, 2.24) is 4.31 Å². The molecule has 1 N–H and O–H groups in total. The number of anilines is 1. The van der Waals surface area contributed by atoms with Crippen LogP contribution in [-0.4, -0.2) is 24.7 Å². The maximum absolute atomic E-state index is 14.3. The highest BCUT2D eigenvalue weighted by molar-refractivity contribution is 7.89. The molecular weight excluding hydrogens is 427 g/mol. The number of benzene rings is 3. The molecule has 4 rings (SSSR count). The van der Waals surface area contributed by atoms with Gasteiger partial charge in [-0.25, -0.2) is 12.8 Å². The Morgan fingerprint density at radius 3 is 2.30 bits per heavy atom. The minimum Gasteiger partial charge on any atom is -0.325 e. The first-order valence-electron chi connectivity index (χ1n) is 9.26. The summed E-state index contributed by atoms with van der Waals surface area (Å²) in [6.45, 7) is -0.0223. The van der Waals surface area contributed by atoms with Crippen LogP contribution in [-0.2, 0) is 27.8 Å². The third-order valence-electron chi connectivity index (χ3n) is 5.04. The van der Waals surface area contributed by atoms with E-state index < -0.39 is 32.7 Å². The second-order valence-electron chi connectivity index (χ2n) is 6.97. The largest absolute Gasteiger partial charge is 0.325 e. The summed E-state index contributed by atoms with van der Waals surface area (Å²) in [4.78, 5) is 12.6. The van der Waals surface area contributed by atoms with E-state index in [9.17, 15) is 17.6 Å². The number of halogens is 2. The van der Waals surface area contributed by atoms with Crippen molar-refractivity contribution in [2.75, 3.05) is 5.32 Å². The van der Waals surface area contributed by atoms with Crippen molar-refractivity contribution in [3.63, 3.8) is 0 Å². The smallest absolute Gasteiger partial charge is 0.247 e. The van der Waals surface area contributed by atoms with Gasteiger partial charge in [0.15, 0.2) is 0 Å². The fourth-order valence-electron chi connectivity index (χ4n) is 3.51. The van der Waals surface area contributed by atoms with Gasteiger partial charge in [-0.2, -0.15) is 4.31 Å². The Morgan fingerprint density at radius 1 is 0.967 bits per heavy atom. The van der Waals surface area contributed by atoms with Gasteiger partial charge in [0.1, 0.15) is 16.8 Å². The van der Waals surface area contributed by atoms with Gasteiger partial charge in [0, 0.05) is 17.3 Å². The third-order valence-corrected chi connectivity index (χ3v) is 7.18. The van der Waals surface area contributed by atoms with Crippen molar-refractivity contribution < 1.29 is 17.6 Å². The van der Waals surface area contributed by atoms with Crippen molar-refractivity contribution in [3.05, 3.63) is 94.8 Å². The second kappa shape index (κ2) is 8.18. The Kier molecular flexibility index (Phi) is 5.60. The van der Waals surface area contributed by atoms with Crippen molar-refractivity contribution >= 4 is 33.2 Å². The molecule has 0 bridgehead atoms. The fraction of sp³-hybridized carbons (Fsp3) is 0.136. The lowest BCUT2D eigenvalue weighted by molar-refractivity contribution is -0.120. The highest BCUT2D eigenvalue weighted by Gasteiger charge is 2.40. The molecule has 0 aliphatic carbocycles. The number of hydrogen-bond donors (Lipinski definition) is 1. The van der Waals surface area contributed by atoms with Gasteiger partial charge in [0.25, 0.3) is 0 Å². The molecule has 1 aliphatic rings.